The van der Waals surface area contributed by atoms with Crippen LogP contribution in [0, 0.1) is 0 Å². The highest BCUT2D eigenvalue weighted by Crippen LogP contribution is 2.23. The Labute approximate surface area is 102 Å². The molecular formula is C12H16BClO2. The predicted molar refractivity (Wildman–Crippen MR) is 68.4 cm³/mol. The van der Waals surface area contributed by atoms with Gasteiger partial charge in [-0.2, -0.15) is 0 Å². The second-order valence-electron chi connectivity index (χ2n) is 4.14. The molecule has 86 valence electrons. The van der Waals surface area contributed by atoms with Gasteiger partial charge < -0.3 is 9.47 Å². The number of hydrogen-bond acceptors (Lipinski definition) is 2. The van der Waals surface area contributed by atoms with E-state index in [0.29, 0.717) is 12.7 Å². The van der Waals surface area contributed by atoms with Crippen LogP contribution in [-0.4, -0.2) is 27.2 Å². The molecule has 0 spiro atoms. The quantitative estimate of drug-likeness (QED) is 0.572. The summed E-state index contributed by atoms with van der Waals surface area (Å²) in [6.45, 7) is 3.65. The van der Waals surface area contributed by atoms with Gasteiger partial charge in [-0.05, 0) is 18.1 Å². The molecule has 1 aromatic rings. The number of benzene rings is 1. The summed E-state index contributed by atoms with van der Waals surface area (Å²) in [5.41, 5.74) is 2.31. The third-order valence-electron chi connectivity index (χ3n) is 2.91. The highest BCUT2D eigenvalue weighted by molar-refractivity contribution is 6.45. The molecule has 0 aliphatic carbocycles. The average Bonchev–Trinajstić information content (AvgIpc) is 3.08. The summed E-state index contributed by atoms with van der Waals surface area (Å²) in [6, 6.07) is 5.98. The Morgan fingerprint density at radius 2 is 2.38 bits per heavy atom. The van der Waals surface area contributed by atoms with E-state index in [9.17, 15) is 0 Å². The van der Waals surface area contributed by atoms with Crippen LogP contribution in [-0.2, 0) is 9.47 Å². The van der Waals surface area contributed by atoms with Gasteiger partial charge in [0.25, 0.3) is 0 Å². The van der Waals surface area contributed by atoms with Crippen molar-refractivity contribution < 1.29 is 9.47 Å². The maximum absolute atomic E-state index is 6.11. The number of halogens is 1. The van der Waals surface area contributed by atoms with Crippen LogP contribution in [0.15, 0.2) is 18.2 Å². The Kier molecular flexibility index (Phi) is 3.90. The third kappa shape index (κ3) is 2.79. The standard InChI is InChI=1S/C12H16BClO2/c1-2-11(16-7-8-6-15-8)9-4-3-5-10(14)12(9)13/h3-5,8,11H,2,6-7,13H2,1H3/t8?,11-/m1/s1. The second-order valence-corrected chi connectivity index (χ2v) is 4.55. The van der Waals surface area contributed by atoms with Crippen LogP contribution >= 0.6 is 11.6 Å². The fraction of sp³-hybridized carbons (Fsp3) is 0.500. The van der Waals surface area contributed by atoms with Gasteiger partial charge in [-0.25, -0.2) is 0 Å². The maximum Gasteiger partial charge on any atom is 0.141 e. The van der Waals surface area contributed by atoms with E-state index < -0.39 is 0 Å². The molecule has 2 rings (SSSR count). The van der Waals surface area contributed by atoms with Crippen molar-refractivity contribution in [2.75, 3.05) is 13.2 Å². The van der Waals surface area contributed by atoms with Gasteiger partial charge in [0.1, 0.15) is 14.0 Å². The second kappa shape index (κ2) is 5.22. The number of ether oxygens (including phenoxy) is 2. The van der Waals surface area contributed by atoms with E-state index >= 15 is 0 Å². The predicted octanol–water partition coefficient (Wildman–Crippen LogP) is 1.46. The van der Waals surface area contributed by atoms with Crippen LogP contribution in [0.3, 0.4) is 0 Å². The molecule has 1 saturated heterocycles. The van der Waals surface area contributed by atoms with Crippen molar-refractivity contribution in [1.29, 1.82) is 0 Å². The molecule has 1 heterocycles. The van der Waals surface area contributed by atoms with Gasteiger partial charge in [0.2, 0.25) is 0 Å². The van der Waals surface area contributed by atoms with Gasteiger partial charge in [0, 0.05) is 5.02 Å². The molecule has 1 unspecified atom stereocenters. The molecule has 16 heavy (non-hydrogen) atoms. The van der Waals surface area contributed by atoms with Gasteiger partial charge >= 0.3 is 0 Å². The van der Waals surface area contributed by atoms with E-state index in [1.807, 2.05) is 20.0 Å². The lowest BCUT2D eigenvalue weighted by atomic mass is 9.87. The minimum absolute atomic E-state index is 0.128. The van der Waals surface area contributed by atoms with Crippen molar-refractivity contribution in [3.63, 3.8) is 0 Å². The highest BCUT2D eigenvalue weighted by atomic mass is 35.5. The first-order valence-electron chi connectivity index (χ1n) is 5.70. The van der Waals surface area contributed by atoms with Crippen molar-refractivity contribution >= 4 is 24.9 Å². The van der Waals surface area contributed by atoms with Crippen LogP contribution in [0.25, 0.3) is 0 Å². The van der Waals surface area contributed by atoms with Gasteiger partial charge in [0.15, 0.2) is 0 Å². The van der Waals surface area contributed by atoms with Crippen LogP contribution in [0.5, 0.6) is 0 Å². The topological polar surface area (TPSA) is 21.8 Å². The molecule has 1 fully saturated rings. The fourth-order valence-corrected chi connectivity index (χ4v) is 1.97. The summed E-state index contributed by atoms with van der Waals surface area (Å²) >= 11 is 6.11. The van der Waals surface area contributed by atoms with E-state index in [1.165, 1.54) is 5.56 Å². The monoisotopic (exact) mass is 238 g/mol. The van der Waals surface area contributed by atoms with Crippen molar-refractivity contribution in [3.8, 4) is 0 Å². The summed E-state index contributed by atoms with van der Waals surface area (Å²) in [4.78, 5) is 0. The lowest BCUT2D eigenvalue weighted by Gasteiger charge is -2.19. The molecule has 0 amide bonds. The minimum Gasteiger partial charge on any atom is -0.371 e. The zero-order chi connectivity index (χ0) is 11.5. The lowest BCUT2D eigenvalue weighted by Crippen LogP contribution is -2.18. The van der Waals surface area contributed by atoms with Crippen molar-refractivity contribution in [3.05, 3.63) is 28.8 Å². The van der Waals surface area contributed by atoms with E-state index in [0.717, 1.165) is 23.5 Å². The Balaban J connectivity index is 2.08. The summed E-state index contributed by atoms with van der Waals surface area (Å²) in [5, 5.41) is 0.808. The Bertz CT molecular complexity index is 366. The van der Waals surface area contributed by atoms with E-state index in [-0.39, 0.29) is 6.10 Å². The lowest BCUT2D eigenvalue weighted by molar-refractivity contribution is 0.0401. The van der Waals surface area contributed by atoms with Crippen molar-refractivity contribution in [1.82, 2.24) is 0 Å². The van der Waals surface area contributed by atoms with Gasteiger partial charge in [-0.15, -0.1) is 0 Å². The Morgan fingerprint density at radius 1 is 1.62 bits per heavy atom. The van der Waals surface area contributed by atoms with Crippen molar-refractivity contribution in [2.45, 2.75) is 25.6 Å². The Morgan fingerprint density at radius 3 is 3.00 bits per heavy atom. The summed E-state index contributed by atoms with van der Waals surface area (Å²) in [5.74, 6) is 0. The van der Waals surface area contributed by atoms with E-state index in [4.69, 9.17) is 21.1 Å². The molecular weight excluding hydrogens is 222 g/mol. The van der Waals surface area contributed by atoms with Gasteiger partial charge in [-0.3, -0.25) is 0 Å². The fourth-order valence-electron chi connectivity index (χ4n) is 1.79. The number of rotatable bonds is 5. The molecule has 4 heteroatoms. The zero-order valence-electron chi connectivity index (χ0n) is 9.70. The number of hydrogen-bond donors (Lipinski definition) is 0. The van der Waals surface area contributed by atoms with Gasteiger partial charge in [0.05, 0.1) is 19.3 Å². The third-order valence-corrected chi connectivity index (χ3v) is 3.32. The molecule has 1 aliphatic rings. The van der Waals surface area contributed by atoms with Crippen LogP contribution in [0.2, 0.25) is 5.02 Å². The van der Waals surface area contributed by atoms with Crippen LogP contribution < -0.4 is 5.46 Å². The van der Waals surface area contributed by atoms with E-state index in [1.54, 1.807) is 0 Å². The first-order valence-corrected chi connectivity index (χ1v) is 6.08. The minimum atomic E-state index is 0.128. The van der Waals surface area contributed by atoms with Crippen LogP contribution in [0.1, 0.15) is 25.0 Å². The molecule has 1 aromatic carbocycles. The molecule has 2 atom stereocenters. The first kappa shape index (κ1) is 12.0. The molecule has 2 nitrogen and oxygen atoms in total. The maximum atomic E-state index is 6.11. The van der Waals surface area contributed by atoms with Crippen LogP contribution in [0.4, 0.5) is 0 Å². The highest BCUT2D eigenvalue weighted by Gasteiger charge is 2.24. The summed E-state index contributed by atoms with van der Waals surface area (Å²) in [6.07, 6.45) is 1.39. The molecule has 0 saturated carbocycles. The van der Waals surface area contributed by atoms with E-state index in [2.05, 4.69) is 13.0 Å². The van der Waals surface area contributed by atoms with Crippen molar-refractivity contribution in [2.24, 2.45) is 0 Å². The SMILES string of the molecule is Bc1c(Cl)cccc1[C@@H](CC)OCC1CO1. The summed E-state index contributed by atoms with van der Waals surface area (Å²) < 4.78 is 11.0. The molecule has 1 aliphatic heterocycles. The molecule has 0 N–H and O–H groups in total. The largest absolute Gasteiger partial charge is 0.371 e. The zero-order valence-corrected chi connectivity index (χ0v) is 10.5. The smallest absolute Gasteiger partial charge is 0.141 e. The summed E-state index contributed by atoms with van der Waals surface area (Å²) in [7, 11) is 2.04. The first-order chi connectivity index (χ1) is 7.72. The normalized spacial score (nSPS) is 20.8. The molecule has 0 radical (unpaired) electrons. The number of epoxide rings is 1. The molecule has 0 aromatic heterocycles. The van der Waals surface area contributed by atoms with Gasteiger partial charge in [-0.1, -0.05) is 36.1 Å². The average molecular weight is 239 g/mol. The molecule has 0 bridgehead atoms. The Hall–Kier alpha value is -0.505.